The maximum atomic E-state index is 3.89. The summed E-state index contributed by atoms with van der Waals surface area (Å²) in [5, 5.41) is 3.21. The molecular weight excluding hydrogens is 114 g/mol. The Morgan fingerprint density at radius 3 is 2.11 bits per heavy atom. The zero-order chi connectivity index (χ0) is 6.85. The summed E-state index contributed by atoms with van der Waals surface area (Å²) in [5.74, 6) is 1.08. The van der Waals surface area contributed by atoms with Crippen molar-refractivity contribution >= 4 is 0 Å². The first-order chi connectivity index (χ1) is 4.22. The molecule has 1 N–H and O–H groups in total. The molecule has 1 rings (SSSR count). The molecule has 9 heavy (non-hydrogen) atoms. The third-order valence-electron chi connectivity index (χ3n) is 1.58. The van der Waals surface area contributed by atoms with Crippen LogP contribution in [0.15, 0.2) is 12.4 Å². The molecular formula is C6H13N3. The van der Waals surface area contributed by atoms with Crippen LogP contribution in [0.4, 0.5) is 0 Å². The molecule has 0 aromatic carbocycles. The summed E-state index contributed by atoms with van der Waals surface area (Å²) in [6.45, 7) is 5.70. The van der Waals surface area contributed by atoms with E-state index in [-0.39, 0.29) is 0 Å². The minimum absolute atomic E-state index is 0.906. The van der Waals surface area contributed by atoms with Crippen LogP contribution in [0.3, 0.4) is 0 Å². The Kier molecular flexibility index (Phi) is 1.62. The largest absolute Gasteiger partial charge is 0.349 e. The minimum Gasteiger partial charge on any atom is -0.349 e. The molecule has 0 radical (unpaired) electrons. The van der Waals surface area contributed by atoms with Gasteiger partial charge >= 0.3 is 0 Å². The van der Waals surface area contributed by atoms with E-state index in [1.54, 1.807) is 0 Å². The summed E-state index contributed by atoms with van der Waals surface area (Å²) in [6.07, 6.45) is 0. The van der Waals surface area contributed by atoms with Gasteiger partial charge in [-0.05, 0) is 0 Å². The SMILES string of the molecule is C=C1N(C)CNCN1C. The zero-order valence-electron chi connectivity index (χ0n) is 6.02. The lowest BCUT2D eigenvalue weighted by Crippen LogP contribution is -2.47. The first kappa shape index (κ1) is 6.42. The molecule has 1 aliphatic rings. The lowest BCUT2D eigenvalue weighted by atomic mass is 10.5. The lowest BCUT2D eigenvalue weighted by Gasteiger charge is -2.35. The molecule has 3 heteroatoms. The molecule has 0 aromatic rings. The number of nitrogens with zero attached hydrogens (tertiary/aromatic N) is 2. The van der Waals surface area contributed by atoms with Crippen LogP contribution in [0.2, 0.25) is 0 Å². The minimum atomic E-state index is 0.906. The van der Waals surface area contributed by atoms with Crippen LogP contribution < -0.4 is 5.32 Å². The van der Waals surface area contributed by atoms with E-state index in [0.717, 1.165) is 19.2 Å². The Labute approximate surface area is 55.9 Å². The standard InChI is InChI=1S/C6H13N3/c1-6-8(2)4-7-5-9(6)3/h7H,1,4-5H2,2-3H3. The second-order valence-electron chi connectivity index (χ2n) is 2.38. The molecule has 0 aromatic heterocycles. The van der Waals surface area contributed by atoms with Gasteiger partial charge in [0.15, 0.2) is 0 Å². The Balaban J connectivity index is 2.52. The van der Waals surface area contributed by atoms with Crippen molar-refractivity contribution in [3.05, 3.63) is 12.4 Å². The topological polar surface area (TPSA) is 18.5 Å². The maximum absolute atomic E-state index is 3.89. The van der Waals surface area contributed by atoms with Gasteiger partial charge in [0.25, 0.3) is 0 Å². The van der Waals surface area contributed by atoms with Crippen LogP contribution >= 0.6 is 0 Å². The van der Waals surface area contributed by atoms with Gasteiger partial charge < -0.3 is 9.80 Å². The second-order valence-corrected chi connectivity index (χ2v) is 2.38. The van der Waals surface area contributed by atoms with Gasteiger partial charge in [-0.1, -0.05) is 6.58 Å². The first-order valence-electron chi connectivity index (χ1n) is 3.03. The summed E-state index contributed by atoms with van der Waals surface area (Å²) in [7, 11) is 4.04. The Morgan fingerprint density at radius 1 is 1.33 bits per heavy atom. The normalized spacial score (nSPS) is 20.9. The van der Waals surface area contributed by atoms with Crippen LogP contribution in [0, 0.1) is 0 Å². The van der Waals surface area contributed by atoms with Crippen molar-refractivity contribution in [2.24, 2.45) is 0 Å². The van der Waals surface area contributed by atoms with Crippen LogP contribution in [-0.4, -0.2) is 37.2 Å². The van der Waals surface area contributed by atoms with E-state index in [9.17, 15) is 0 Å². The third-order valence-corrected chi connectivity index (χ3v) is 1.58. The maximum Gasteiger partial charge on any atom is 0.0980 e. The fourth-order valence-electron chi connectivity index (χ4n) is 0.859. The highest BCUT2D eigenvalue weighted by Crippen LogP contribution is 2.04. The van der Waals surface area contributed by atoms with E-state index in [4.69, 9.17) is 0 Å². The molecule has 0 spiro atoms. The molecule has 0 unspecified atom stereocenters. The zero-order valence-corrected chi connectivity index (χ0v) is 6.02. The van der Waals surface area contributed by atoms with Crippen molar-refractivity contribution in [2.45, 2.75) is 0 Å². The van der Waals surface area contributed by atoms with Gasteiger partial charge in [-0.2, -0.15) is 0 Å². The second kappa shape index (κ2) is 2.27. The fraction of sp³-hybridized carbons (Fsp3) is 0.667. The van der Waals surface area contributed by atoms with Gasteiger partial charge in [-0.15, -0.1) is 0 Å². The van der Waals surface area contributed by atoms with Gasteiger partial charge in [-0.25, -0.2) is 0 Å². The lowest BCUT2D eigenvalue weighted by molar-refractivity contribution is 0.184. The van der Waals surface area contributed by atoms with Crippen molar-refractivity contribution in [1.29, 1.82) is 0 Å². The molecule has 3 nitrogen and oxygen atoms in total. The molecule has 1 heterocycles. The van der Waals surface area contributed by atoms with Crippen molar-refractivity contribution in [3.8, 4) is 0 Å². The summed E-state index contributed by atoms with van der Waals surface area (Å²) < 4.78 is 0. The average molecular weight is 127 g/mol. The monoisotopic (exact) mass is 127 g/mol. The van der Waals surface area contributed by atoms with Crippen molar-refractivity contribution in [1.82, 2.24) is 15.1 Å². The van der Waals surface area contributed by atoms with Crippen molar-refractivity contribution in [3.63, 3.8) is 0 Å². The van der Waals surface area contributed by atoms with Gasteiger partial charge in [0.1, 0.15) is 0 Å². The number of hydrogen-bond acceptors (Lipinski definition) is 3. The van der Waals surface area contributed by atoms with Crippen molar-refractivity contribution < 1.29 is 0 Å². The summed E-state index contributed by atoms with van der Waals surface area (Å²) in [5.41, 5.74) is 0. The molecule has 0 bridgehead atoms. The summed E-state index contributed by atoms with van der Waals surface area (Å²) in [6, 6.07) is 0. The highest BCUT2D eigenvalue weighted by molar-refractivity contribution is 4.92. The molecule has 52 valence electrons. The average Bonchev–Trinajstić information content (AvgIpc) is 1.83. The van der Waals surface area contributed by atoms with Crippen LogP contribution in [-0.2, 0) is 0 Å². The van der Waals surface area contributed by atoms with E-state index in [0.29, 0.717) is 0 Å². The van der Waals surface area contributed by atoms with Gasteiger partial charge in [-0.3, -0.25) is 5.32 Å². The number of rotatable bonds is 0. The molecule has 0 saturated carbocycles. The van der Waals surface area contributed by atoms with Gasteiger partial charge in [0.05, 0.1) is 19.2 Å². The van der Waals surface area contributed by atoms with E-state index in [1.165, 1.54) is 0 Å². The van der Waals surface area contributed by atoms with E-state index >= 15 is 0 Å². The molecule has 1 fully saturated rings. The third kappa shape index (κ3) is 1.16. The van der Waals surface area contributed by atoms with Gasteiger partial charge in [0, 0.05) is 14.1 Å². The Morgan fingerprint density at radius 2 is 1.78 bits per heavy atom. The van der Waals surface area contributed by atoms with E-state index in [2.05, 4.69) is 21.7 Å². The Hall–Kier alpha value is -0.700. The highest BCUT2D eigenvalue weighted by atomic mass is 15.4. The predicted octanol–water partition coefficient (Wildman–Crippen LogP) is -0.161. The molecule has 0 amide bonds. The fourth-order valence-corrected chi connectivity index (χ4v) is 0.859. The van der Waals surface area contributed by atoms with Crippen molar-refractivity contribution in [2.75, 3.05) is 27.4 Å². The summed E-state index contributed by atoms with van der Waals surface area (Å²) in [4.78, 5) is 4.15. The quantitative estimate of drug-likeness (QED) is 0.488. The van der Waals surface area contributed by atoms with Crippen LogP contribution in [0.1, 0.15) is 0 Å². The summed E-state index contributed by atoms with van der Waals surface area (Å²) >= 11 is 0. The van der Waals surface area contributed by atoms with Gasteiger partial charge in [0.2, 0.25) is 0 Å². The highest BCUT2D eigenvalue weighted by Gasteiger charge is 2.10. The smallest absolute Gasteiger partial charge is 0.0980 e. The molecule has 0 aliphatic carbocycles. The van der Waals surface area contributed by atoms with Crippen LogP contribution in [0.5, 0.6) is 0 Å². The first-order valence-corrected chi connectivity index (χ1v) is 3.03. The Bertz CT molecular complexity index is 109. The van der Waals surface area contributed by atoms with Crippen LogP contribution in [0.25, 0.3) is 0 Å². The van der Waals surface area contributed by atoms with E-state index < -0.39 is 0 Å². The number of nitrogens with one attached hydrogen (secondary N) is 1. The molecule has 0 atom stereocenters. The molecule has 1 aliphatic heterocycles. The van der Waals surface area contributed by atoms with E-state index in [1.807, 2.05) is 14.1 Å². The number of hydrogen-bond donors (Lipinski definition) is 1. The predicted molar refractivity (Wildman–Crippen MR) is 37.5 cm³/mol. The molecule has 1 saturated heterocycles.